The largest absolute Gasteiger partial charge is 0.493 e. The zero-order valence-electron chi connectivity index (χ0n) is 13.3. The predicted molar refractivity (Wildman–Crippen MR) is 93.8 cm³/mol. The molecule has 1 heterocycles. The molecule has 25 heavy (non-hydrogen) atoms. The van der Waals surface area contributed by atoms with Crippen molar-refractivity contribution in [3.8, 4) is 11.5 Å². The predicted octanol–water partition coefficient (Wildman–Crippen LogP) is 3.47. The van der Waals surface area contributed by atoms with Gasteiger partial charge in [-0.15, -0.1) is 0 Å². The molecule has 2 aromatic carbocycles. The average Bonchev–Trinajstić information content (AvgIpc) is 3.01. The zero-order chi connectivity index (χ0) is 18.0. The fraction of sp³-hybridized carbons (Fsp3) is 0.125. The van der Waals surface area contributed by atoms with Crippen molar-refractivity contribution in [3.05, 3.63) is 52.1 Å². The Morgan fingerprint density at radius 1 is 1.24 bits per heavy atom. The van der Waals surface area contributed by atoms with E-state index in [2.05, 4.69) is 10.3 Å². The lowest BCUT2D eigenvalue weighted by Crippen LogP contribution is -2.13. The third-order valence-corrected chi connectivity index (χ3v) is 4.38. The quantitative estimate of drug-likeness (QED) is 0.552. The van der Waals surface area contributed by atoms with Crippen molar-refractivity contribution in [1.29, 1.82) is 0 Å². The van der Waals surface area contributed by atoms with E-state index in [-0.39, 0.29) is 5.69 Å². The number of thiazole rings is 1. The summed E-state index contributed by atoms with van der Waals surface area (Å²) in [6.45, 7) is 0. The van der Waals surface area contributed by atoms with Gasteiger partial charge in [0.2, 0.25) is 0 Å². The van der Waals surface area contributed by atoms with Gasteiger partial charge >= 0.3 is 0 Å². The van der Waals surface area contributed by atoms with Gasteiger partial charge in [-0.05, 0) is 18.2 Å². The highest BCUT2D eigenvalue weighted by molar-refractivity contribution is 7.22. The molecule has 0 fully saturated rings. The van der Waals surface area contributed by atoms with Crippen molar-refractivity contribution in [2.24, 2.45) is 0 Å². The number of methoxy groups -OCH3 is 2. The Morgan fingerprint density at radius 2 is 2.04 bits per heavy atom. The molecular weight excluding hydrogens is 346 g/mol. The van der Waals surface area contributed by atoms with E-state index in [9.17, 15) is 14.9 Å². The van der Waals surface area contributed by atoms with E-state index < -0.39 is 10.8 Å². The first-order valence-corrected chi connectivity index (χ1v) is 7.92. The summed E-state index contributed by atoms with van der Waals surface area (Å²) >= 11 is 1.16. The maximum atomic E-state index is 12.5. The number of carbonyl (C=O) groups is 1. The van der Waals surface area contributed by atoms with Crippen LogP contribution in [0.25, 0.3) is 10.2 Å². The lowest BCUT2D eigenvalue weighted by molar-refractivity contribution is -0.384. The minimum absolute atomic E-state index is 0.0245. The van der Waals surface area contributed by atoms with Crippen LogP contribution in [-0.2, 0) is 0 Å². The van der Waals surface area contributed by atoms with Crippen LogP contribution in [0.2, 0.25) is 0 Å². The highest BCUT2D eigenvalue weighted by Crippen LogP contribution is 2.33. The molecule has 1 amide bonds. The fourth-order valence-electron chi connectivity index (χ4n) is 2.31. The van der Waals surface area contributed by atoms with Gasteiger partial charge in [0.05, 0.1) is 34.9 Å². The molecule has 0 atom stereocenters. The van der Waals surface area contributed by atoms with Crippen LogP contribution < -0.4 is 14.8 Å². The first-order chi connectivity index (χ1) is 12.0. The van der Waals surface area contributed by atoms with E-state index in [0.29, 0.717) is 32.4 Å². The van der Waals surface area contributed by atoms with Gasteiger partial charge in [0.15, 0.2) is 16.6 Å². The summed E-state index contributed by atoms with van der Waals surface area (Å²) in [6, 6.07) is 9.32. The topological polar surface area (TPSA) is 104 Å². The molecule has 3 aromatic rings. The number of benzene rings is 2. The molecule has 0 saturated heterocycles. The number of carbonyl (C=O) groups excluding carboxylic acids is 1. The minimum Gasteiger partial charge on any atom is -0.493 e. The number of rotatable bonds is 5. The minimum atomic E-state index is -0.474. The Kier molecular flexibility index (Phi) is 4.48. The number of para-hydroxylation sites is 1. The van der Waals surface area contributed by atoms with Crippen LogP contribution in [0.15, 0.2) is 36.4 Å². The first-order valence-electron chi connectivity index (χ1n) is 7.11. The van der Waals surface area contributed by atoms with Crippen LogP contribution >= 0.6 is 11.3 Å². The number of hydrogen-bond acceptors (Lipinski definition) is 7. The van der Waals surface area contributed by atoms with Crippen LogP contribution in [0.1, 0.15) is 10.4 Å². The summed E-state index contributed by atoms with van der Waals surface area (Å²) in [6.07, 6.45) is 0. The molecule has 9 heteroatoms. The molecule has 0 aliphatic heterocycles. The summed E-state index contributed by atoms with van der Waals surface area (Å²) in [7, 11) is 2.94. The average molecular weight is 359 g/mol. The van der Waals surface area contributed by atoms with Crippen molar-refractivity contribution in [2.75, 3.05) is 19.5 Å². The molecule has 1 aromatic heterocycles. The molecule has 8 nitrogen and oxygen atoms in total. The number of anilines is 1. The summed E-state index contributed by atoms with van der Waals surface area (Å²) in [5.41, 5.74) is 0.846. The second kappa shape index (κ2) is 6.73. The maximum absolute atomic E-state index is 12.5. The summed E-state index contributed by atoms with van der Waals surface area (Å²) < 4.78 is 11.0. The maximum Gasteiger partial charge on any atom is 0.270 e. The second-order valence-corrected chi connectivity index (χ2v) is 5.95. The van der Waals surface area contributed by atoms with Crippen LogP contribution in [0.5, 0.6) is 11.5 Å². The number of fused-ring (bicyclic) bond motifs is 1. The van der Waals surface area contributed by atoms with Crippen molar-refractivity contribution in [2.45, 2.75) is 0 Å². The number of ether oxygens (including phenoxy) is 2. The van der Waals surface area contributed by atoms with Crippen molar-refractivity contribution in [1.82, 2.24) is 4.98 Å². The SMILES string of the molecule is COc1cccc(C(=O)Nc2nc3ccc([N+](=O)[O-])cc3s2)c1OC. The van der Waals surface area contributed by atoms with Crippen LogP contribution in [0.3, 0.4) is 0 Å². The van der Waals surface area contributed by atoms with Gasteiger partial charge < -0.3 is 9.47 Å². The number of nitro groups is 1. The Bertz CT molecular complexity index is 970. The van der Waals surface area contributed by atoms with Crippen molar-refractivity contribution in [3.63, 3.8) is 0 Å². The molecule has 0 unspecified atom stereocenters. The number of nitrogens with one attached hydrogen (secondary N) is 1. The first kappa shape index (κ1) is 16.7. The number of non-ortho nitro benzene ring substituents is 1. The van der Waals surface area contributed by atoms with Gasteiger partial charge in [-0.3, -0.25) is 20.2 Å². The number of nitro benzene ring substituents is 1. The molecule has 0 spiro atoms. The van der Waals surface area contributed by atoms with Gasteiger partial charge in [0, 0.05) is 12.1 Å². The van der Waals surface area contributed by atoms with E-state index in [1.165, 1.54) is 26.4 Å². The Labute approximate surface area is 146 Å². The van der Waals surface area contributed by atoms with E-state index >= 15 is 0 Å². The van der Waals surface area contributed by atoms with E-state index in [1.807, 2.05) is 0 Å². The normalized spacial score (nSPS) is 10.5. The molecule has 0 saturated carbocycles. The van der Waals surface area contributed by atoms with E-state index in [4.69, 9.17) is 9.47 Å². The third-order valence-electron chi connectivity index (χ3n) is 3.45. The molecular formula is C16H13N3O5S. The zero-order valence-corrected chi connectivity index (χ0v) is 14.1. The standard InChI is InChI=1S/C16H13N3O5S/c1-23-12-5-3-4-10(14(12)24-2)15(20)18-16-17-11-7-6-9(19(21)22)8-13(11)25-16/h3-8H,1-2H3,(H,17,18,20). The van der Waals surface area contributed by atoms with Gasteiger partial charge in [-0.2, -0.15) is 0 Å². The molecule has 0 radical (unpaired) electrons. The van der Waals surface area contributed by atoms with Crippen LogP contribution in [0, 0.1) is 10.1 Å². The lowest BCUT2D eigenvalue weighted by atomic mass is 10.1. The fourth-order valence-corrected chi connectivity index (χ4v) is 3.20. The monoisotopic (exact) mass is 359 g/mol. The highest BCUT2D eigenvalue weighted by Gasteiger charge is 2.18. The molecule has 0 aliphatic rings. The highest BCUT2D eigenvalue weighted by atomic mass is 32.1. The van der Waals surface area contributed by atoms with Gasteiger partial charge in [0.1, 0.15) is 0 Å². The van der Waals surface area contributed by atoms with Gasteiger partial charge in [-0.25, -0.2) is 4.98 Å². The van der Waals surface area contributed by atoms with Crippen LogP contribution in [-0.4, -0.2) is 30.0 Å². The Hall–Kier alpha value is -3.20. The van der Waals surface area contributed by atoms with Crippen LogP contribution in [0.4, 0.5) is 10.8 Å². The summed E-state index contributed by atoms with van der Waals surface area (Å²) in [4.78, 5) is 27.2. The van der Waals surface area contributed by atoms with E-state index in [0.717, 1.165) is 11.3 Å². The molecule has 3 rings (SSSR count). The Morgan fingerprint density at radius 3 is 2.72 bits per heavy atom. The van der Waals surface area contributed by atoms with E-state index in [1.54, 1.807) is 24.3 Å². The molecule has 0 bridgehead atoms. The smallest absolute Gasteiger partial charge is 0.270 e. The Balaban J connectivity index is 1.91. The number of nitrogens with zero attached hydrogens (tertiary/aromatic N) is 2. The van der Waals surface area contributed by atoms with Crippen molar-refractivity contribution >= 4 is 38.3 Å². The molecule has 0 aliphatic carbocycles. The lowest BCUT2D eigenvalue weighted by Gasteiger charge is -2.11. The second-order valence-electron chi connectivity index (χ2n) is 4.92. The number of amides is 1. The molecule has 128 valence electrons. The third kappa shape index (κ3) is 3.22. The summed E-state index contributed by atoms with van der Waals surface area (Å²) in [5.74, 6) is 0.346. The van der Waals surface area contributed by atoms with Gasteiger partial charge in [0.25, 0.3) is 11.6 Å². The van der Waals surface area contributed by atoms with Gasteiger partial charge in [-0.1, -0.05) is 17.4 Å². The van der Waals surface area contributed by atoms with Crippen molar-refractivity contribution < 1.29 is 19.2 Å². The number of aromatic nitrogens is 1. The summed E-state index contributed by atoms with van der Waals surface area (Å²) in [5, 5.41) is 13.9. The molecule has 1 N–H and O–H groups in total. The number of hydrogen-bond donors (Lipinski definition) is 1.